The normalized spacial score (nSPS) is 15.6. The fraction of sp³-hybridized carbons (Fsp3) is 0.421. The van der Waals surface area contributed by atoms with Gasteiger partial charge >= 0.3 is 0 Å². The Balaban J connectivity index is 1.65. The highest BCUT2D eigenvalue weighted by atomic mass is 127. The molecule has 1 unspecified atom stereocenters. The molecule has 10 heteroatoms. The number of ether oxygens (including phenoxy) is 2. The summed E-state index contributed by atoms with van der Waals surface area (Å²) >= 11 is 3.88. The second kappa shape index (κ2) is 8.52. The number of aromatic nitrogens is 4. The average Bonchev–Trinajstić information content (AvgIpc) is 3.19. The predicted octanol–water partition coefficient (Wildman–Crippen LogP) is 3.67. The number of nitrogen functional groups attached to an aromatic ring is 1. The molecule has 1 aromatic carbocycles. The van der Waals surface area contributed by atoms with E-state index in [1.165, 1.54) is 6.33 Å². The largest absolute Gasteiger partial charge is 0.451 e. The lowest BCUT2D eigenvalue weighted by Gasteiger charge is -2.11. The Morgan fingerprint density at radius 1 is 1.28 bits per heavy atom. The Kier molecular flexibility index (Phi) is 6.02. The first kappa shape index (κ1) is 20.5. The lowest BCUT2D eigenvalue weighted by Crippen LogP contribution is -2.24. The van der Waals surface area contributed by atoms with Crippen LogP contribution in [0.1, 0.15) is 27.2 Å². The van der Waals surface area contributed by atoms with Gasteiger partial charge in [0.15, 0.2) is 33.6 Å². The van der Waals surface area contributed by atoms with Crippen LogP contribution in [0.3, 0.4) is 0 Å². The molecule has 0 bridgehead atoms. The van der Waals surface area contributed by atoms with Crippen LogP contribution < -0.4 is 20.5 Å². The maximum Gasteiger partial charge on any atom is 0.238 e. The first-order valence-electron chi connectivity index (χ1n) is 9.47. The number of fused-ring (bicyclic) bond motifs is 2. The zero-order valence-electron chi connectivity index (χ0n) is 16.5. The van der Waals surface area contributed by atoms with Crippen LogP contribution in [0, 0.1) is 3.57 Å². The minimum atomic E-state index is -0.269. The summed E-state index contributed by atoms with van der Waals surface area (Å²) in [6.07, 6.45) is 2.17. The summed E-state index contributed by atoms with van der Waals surface area (Å²) in [5.41, 5.74) is 7.45. The molecular weight excluding hydrogens is 503 g/mol. The van der Waals surface area contributed by atoms with Crippen LogP contribution in [-0.2, 0) is 6.54 Å². The summed E-state index contributed by atoms with van der Waals surface area (Å²) in [7, 11) is 0. The third-order valence-corrected chi connectivity index (χ3v) is 6.73. The highest BCUT2D eigenvalue weighted by Gasteiger charge is 2.23. The molecule has 0 aliphatic carbocycles. The van der Waals surface area contributed by atoms with E-state index in [2.05, 4.69) is 56.3 Å². The minimum absolute atomic E-state index is 0.269. The van der Waals surface area contributed by atoms with E-state index < -0.39 is 0 Å². The molecule has 154 valence electrons. The van der Waals surface area contributed by atoms with Crippen LogP contribution in [0.5, 0.6) is 11.5 Å². The number of benzene rings is 1. The summed E-state index contributed by atoms with van der Waals surface area (Å²) in [5, 5.41) is 4.28. The minimum Gasteiger partial charge on any atom is -0.451 e. The first-order valence-corrected chi connectivity index (χ1v) is 11.4. The molecule has 0 spiro atoms. The molecule has 0 saturated carbocycles. The number of rotatable bonds is 7. The number of nitrogens with zero attached hydrogens (tertiary/aromatic N) is 4. The Bertz CT molecular complexity index is 1040. The number of halogens is 1. The Morgan fingerprint density at radius 2 is 2.03 bits per heavy atom. The van der Waals surface area contributed by atoms with E-state index in [9.17, 15) is 0 Å². The molecule has 0 amide bonds. The van der Waals surface area contributed by atoms with E-state index >= 15 is 0 Å². The second-order valence-electron chi connectivity index (χ2n) is 7.07. The van der Waals surface area contributed by atoms with Gasteiger partial charge in [0.2, 0.25) is 6.29 Å². The van der Waals surface area contributed by atoms with Crippen molar-refractivity contribution in [2.75, 3.05) is 12.3 Å². The van der Waals surface area contributed by atoms with Crippen LogP contribution in [0.2, 0.25) is 0 Å². The fourth-order valence-electron chi connectivity index (χ4n) is 3.10. The molecule has 4 rings (SSSR count). The van der Waals surface area contributed by atoms with E-state index in [4.69, 9.17) is 20.2 Å². The Labute approximate surface area is 187 Å². The molecule has 3 heterocycles. The SMILES string of the molecule is CC(C)NCCCn1c(Sc2cc3c(cc2I)OC(C)O3)nc2c(N)ncnc21. The quantitative estimate of drug-likeness (QED) is 0.356. The first-order chi connectivity index (χ1) is 13.9. The van der Waals surface area contributed by atoms with E-state index in [0.717, 1.165) is 50.3 Å². The number of nitrogens with one attached hydrogen (secondary N) is 1. The van der Waals surface area contributed by atoms with Crippen molar-refractivity contribution in [2.45, 2.75) is 56.1 Å². The number of anilines is 1. The topological polar surface area (TPSA) is 100 Å². The van der Waals surface area contributed by atoms with Crippen molar-refractivity contribution in [2.24, 2.45) is 0 Å². The molecule has 0 radical (unpaired) electrons. The van der Waals surface area contributed by atoms with Gasteiger partial charge in [0, 0.05) is 28.0 Å². The number of hydrogen-bond acceptors (Lipinski definition) is 8. The van der Waals surface area contributed by atoms with Gasteiger partial charge in [-0.25, -0.2) is 15.0 Å². The summed E-state index contributed by atoms with van der Waals surface area (Å²) in [6.45, 7) is 7.87. The molecule has 0 fully saturated rings. The van der Waals surface area contributed by atoms with E-state index in [1.807, 2.05) is 19.1 Å². The smallest absolute Gasteiger partial charge is 0.238 e. The predicted molar refractivity (Wildman–Crippen MR) is 121 cm³/mol. The van der Waals surface area contributed by atoms with Gasteiger partial charge in [0.1, 0.15) is 6.33 Å². The Hall–Kier alpha value is -1.79. The van der Waals surface area contributed by atoms with Crippen molar-refractivity contribution >= 4 is 51.3 Å². The Morgan fingerprint density at radius 3 is 2.79 bits per heavy atom. The van der Waals surface area contributed by atoms with Gasteiger partial charge in [-0.3, -0.25) is 0 Å². The zero-order valence-corrected chi connectivity index (χ0v) is 19.5. The molecule has 8 nitrogen and oxygen atoms in total. The summed E-state index contributed by atoms with van der Waals surface area (Å²) in [4.78, 5) is 14.3. The molecule has 1 aliphatic heterocycles. The van der Waals surface area contributed by atoms with Crippen molar-refractivity contribution in [3.05, 3.63) is 22.0 Å². The fourth-order valence-corrected chi connectivity index (χ4v) is 4.81. The second-order valence-corrected chi connectivity index (χ2v) is 9.25. The van der Waals surface area contributed by atoms with Crippen LogP contribution in [0.15, 0.2) is 28.5 Å². The molecule has 3 N–H and O–H groups in total. The average molecular weight is 526 g/mol. The number of hydrogen-bond donors (Lipinski definition) is 2. The highest BCUT2D eigenvalue weighted by molar-refractivity contribution is 14.1. The maximum absolute atomic E-state index is 6.06. The van der Waals surface area contributed by atoms with Crippen molar-refractivity contribution in [1.29, 1.82) is 0 Å². The van der Waals surface area contributed by atoms with Gasteiger partial charge in [-0.1, -0.05) is 25.6 Å². The van der Waals surface area contributed by atoms with Crippen LogP contribution in [0.25, 0.3) is 11.2 Å². The van der Waals surface area contributed by atoms with Gasteiger partial charge in [-0.2, -0.15) is 0 Å². The molecular formula is C19H23IN6O2S. The molecule has 3 aromatic rings. The molecule has 1 atom stereocenters. The zero-order chi connectivity index (χ0) is 20.5. The van der Waals surface area contributed by atoms with E-state index in [-0.39, 0.29) is 6.29 Å². The van der Waals surface area contributed by atoms with E-state index in [1.54, 1.807) is 11.8 Å². The van der Waals surface area contributed by atoms with Gasteiger partial charge in [-0.15, -0.1) is 0 Å². The number of nitrogens with two attached hydrogens (primary N) is 1. The third-order valence-electron chi connectivity index (χ3n) is 4.42. The van der Waals surface area contributed by atoms with Crippen molar-refractivity contribution < 1.29 is 9.47 Å². The van der Waals surface area contributed by atoms with Gasteiger partial charge in [0.05, 0.1) is 0 Å². The van der Waals surface area contributed by atoms with E-state index in [0.29, 0.717) is 17.4 Å². The maximum atomic E-state index is 6.06. The highest BCUT2D eigenvalue weighted by Crippen LogP contribution is 2.42. The van der Waals surface area contributed by atoms with Crippen LogP contribution in [-0.4, -0.2) is 38.4 Å². The van der Waals surface area contributed by atoms with Gasteiger partial charge < -0.3 is 25.1 Å². The van der Waals surface area contributed by atoms with Crippen molar-refractivity contribution in [3.63, 3.8) is 0 Å². The van der Waals surface area contributed by atoms with Crippen LogP contribution in [0.4, 0.5) is 5.82 Å². The molecule has 1 aliphatic rings. The monoisotopic (exact) mass is 526 g/mol. The third kappa shape index (κ3) is 4.38. The van der Waals surface area contributed by atoms with Gasteiger partial charge in [-0.05, 0) is 47.7 Å². The van der Waals surface area contributed by atoms with Crippen LogP contribution >= 0.6 is 34.4 Å². The number of aryl methyl sites for hydroxylation is 1. The molecule has 0 saturated heterocycles. The van der Waals surface area contributed by atoms with Crippen molar-refractivity contribution in [1.82, 2.24) is 24.8 Å². The standard InChI is InChI=1S/C19H23IN6O2S/c1-10(2)22-5-4-6-26-18-16(17(21)23-9-24-18)25-19(26)29-15-8-14-13(7-12(15)20)27-11(3)28-14/h7-11,22H,4-6H2,1-3H3,(H2,21,23,24). The summed E-state index contributed by atoms with van der Waals surface area (Å²) in [6, 6.07) is 4.46. The molecule has 29 heavy (non-hydrogen) atoms. The summed E-state index contributed by atoms with van der Waals surface area (Å²) < 4.78 is 14.6. The lowest BCUT2D eigenvalue weighted by molar-refractivity contribution is 0.0678. The number of imidazole rings is 1. The molecule has 2 aromatic heterocycles. The van der Waals surface area contributed by atoms with Gasteiger partial charge in [0.25, 0.3) is 0 Å². The van der Waals surface area contributed by atoms with Crippen molar-refractivity contribution in [3.8, 4) is 11.5 Å². The summed E-state index contributed by atoms with van der Waals surface area (Å²) in [5.74, 6) is 1.92. The lowest BCUT2D eigenvalue weighted by atomic mass is 10.3.